The Labute approximate surface area is 91.8 Å². The van der Waals surface area contributed by atoms with Crippen molar-refractivity contribution in [1.29, 1.82) is 0 Å². The van der Waals surface area contributed by atoms with Crippen molar-refractivity contribution in [3.05, 3.63) is 0 Å². The normalized spacial score (nSPS) is 23.9. The first-order valence-corrected chi connectivity index (χ1v) is 5.75. The molecule has 1 aliphatic rings. The fourth-order valence-corrected chi connectivity index (χ4v) is 1.89. The van der Waals surface area contributed by atoms with Crippen LogP contribution in [0.1, 0.15) is 26.7 Å². The number of carbonyl (C=O) groups is 1. The Morgan fingerprint density at radius 2 is 2.40 bits per heavy atom. The van der Waals surface area contributed by atoms with E-state index in [1.54, 1.807) is 0 Å². The molecule has 1 saturated heterocycles. The highest BCUT2D eigenvalue weighted by Gasteiger charge is 2.26. The van der Waals surface area contributed by atoms with Crippen LogP contribution in [0.5, 0.6) is 0 Å². The summed E-state index contributed by atoms with van der Waals surface area (Å²) in [4.78, 5) is 14.0. The molecule has 4 heteroatoms. The second-order valence-corrected chi connectivity index (χ2v) is 4.29. The monoisotopic (exact) mass is 214 g/mol. The maximum atomic E-state index is 12.0. The summed E-state index contributed by atoms with van der Waals surface area (Å²) in [6, 6.07) is 0.214. The van der Waals surface area contributed by atoms with Gasteiger partial charge in [-0.05, 0) is 26.3 Å². The van der Waals surface area contributed by atoms with Gasteiger partial charge in [-0.2, -0.15) is 0 Å². The summed E-state index contributed by atoms with van der Waals surface area (Å²) in [6.45, 7) is 6.74. The average Bonchev–Trinajstić information content (AvgIpc) is 2.25. The molecule has 0 aromatic rings. The van der Waals surface area contributed by atoms with Gasteiger partial charge in [0.1, 0.15) is 0 Å². The number of hydrogen-bond acceptors (Lipinski definition) is 3. The zero-order chi connectivity index (χ0) is 11.3. The molecule has 1 heterocycles. The summed E-state index contributed by atoms with van der Waals surface area (Å²) in [5, 5.41) is 0. The van der Waals surface area contributed by atoms with Crippen molar-refractivity contribution in [3.8, 4) is 0 Å². The van der Waals surface area contributed by atoms with Crippen molar-refractivity contribution in [2.45, 2.75) is 32.7 Å². The Hall–Kier alpha value is -0.610. The van der Waals surface area contributed by atoms with Gasteiger partial charge >= 0.3 is 0 Å². The summed E-state index contributed by atoms with van der Waals surface area (Å²) in [7, 11) is 0. The molecule has 0 aromatic carbocycles. The summed E-state index contributed by atoms with van der Waals surface area (Å²) in [6.07, 6.45) is 1.81. The van der Waals surface area contributed by atoms with Gasteiger partial charge in [-0.1, -0.05) is 6.92 Å². The third kappa shape index (κ3) is 3.47. The van der Waals surface area contributed by atoms with E-state index in [-0.39, 0.29) is 17.9 Å². The van der Waals surface area contributed by atoms with Gasteiger partial charge in [0.05, 0.1) is 19.3 Å². The largest absolute Gasteiger partial charge is 0.377 e. The zero-order valence-electron chi connectivity index (χ0n) is 9.74. The molecule has 0 radical (unpaired) electrons. The second-order valence-electron chi connectivity index (χ2n) is 4.29. The van der Waals surface area contributed by atoms with Crippen LogP contribution in [0, 0.1) is 5.92 Å². The maximum absolute atomic E-state index is 12.0. The van der Waals surface area contributed by atoms with Gasteiger partial charge < -0.3 is 15.4 Å². The molecule has 1 rings (SSSR count). The number of nitrogens with zero attached hydrogens (tertiary/aromatic N) is 1. The van der Waals surface area contributed by atoms with Crippen LogP contribution in [0.4, 0.5) is 0 Å². The van der Waals surface area contributed by atoms with Crippen molar-refractivity contribution in [3.63, 3.8) is 0 Å². The van der Waals surface area contributed by atoms with Gasteiger partial charge in [-0.25, -0.2) is 0 Å². The smallest absolute Gasteiger partial charge is 0.225 e. The molecule has 4 nitrogen and oxygen atoms in total. The standard InChI is InChI=1S/C11H22N2O2/c1-9(4-3-5-12)11(14)13-6-7-15-8-10(13)2/h9-10H,3-8,12H2,1-2H3/t9?,10-/m1/s1. The minimum atomic E-state index is 0.0918. The van der Waals surface area contributed by atoms with Gasteiger partial charge in [-0.15, -0.1) is 0 Å². The first-order chi connectivity index (χ1) is 7.16. The molecule has 2 N–H and O–H groups in total. The number of morpholine rings is 1. The first kappa shape index (κ1) is 12.5. The highest BCUT2D eigenvalue weighted by molar-refractivity contribution is 5.78. The number of nitrogens with two attached hydrogens (primary N) is 1. The van der Waals surface area contributed by atoms with E-state index < -0.39 is 0 Å². The quantitative estimate of drug-likeness (QED) is 0.746. The molecular formula is C11H22N2O2. The lowest BCUT2D eigenvalue weighted by molar-refractivity contribution is -0.143. The predicted molar refractivity (Wildman–Crippen MR) is 59.4 cm³/mol. The molecule has 0 bridgehead atoms. The van der Waals surface area contributed by atoms with Crippen LogP contribution in [-0.4, -0.2) is 43.2 Å². The lowest BCUT2D eigenvalue weighted by atomic mass is 10.0. The fraction of sp³-hybridized carbons (Fsp3) is 0.909. The lowest BCUT2D eigenvalue weighted by Crippen LogP contribution is -2.49. The molecule has 1 aliphatic heterocycles. The van der Waals surface area contributed by atoms with Crippen LogP contribution in [0.2, 0.25) is 0 Å². The van der Waals surface area contributed by atoms with Crippen LogP contribution < -0.4 is 5.73 Å². The fourth-order valence-electron chi connectivity index (χ4n) is 1.89. The molecule has 0 spiro atoms. The maximum Gasteiger partial charge on any atom is 0.225 e. The van der Waals surface area contributed by atoms with Crippen LogP contribution in [0.15, 0.2) is 0 Å². The molecule has 1 fully saturated rings. The summed E-state index contributed by atoms with van der Waals surface area (Å²) < 4.78 is 5.31. The average molecular weight is 214 g/mol. The molecule has 0 aromatic heterocycles. The Kier molecular flexibility index (Phi) is 5.05. The van der Waals surface area contributed by atoms with E-state index in [1.807, 2.05) is 18.7 Å². The molecule has 0 saturated carbocycles. The Balaban J connectivity index is 2.43. The third-order valence-electron chi connectivity index (χ3n) is 2.91. The van der Waals surface area contributed by atoms with Crippen LogP contribution in [-0.2, 0) is 9.53 Å². The van der Waals surface area contributed by atoms with E-state index in [2.05, 4.69) is 0 Å². The first-order valence-electron chi connectivity index (χ1n) is 5.75. The minimum absolute atomic E-state index is 0.0918. The van der Waals surface area contributed by atoms with Gasteiger partial charge in [0.25, 0.3) is 0 Å². The highest BCUT2D eigenvalue weighted by atomic mass is 16.5. The number of hydrogen-bond donors (Lipinski definition) is 1. The van der Waals surface area contributed by atoms with E-state index >= 15 is 0 Å². The Bertz CT molecular complexity index is 209. The molecule has 2 atom stereocenters. The Morgan fingerprint density at radius 3 is 3.00 bits per heavy atom. The predicted octanol–water partition coefficient (Wildman–Crippen LogP) is 0.609. The Morgan fingerprint density at radius 1 is 1.67 bits per heavy atom. The summed E-state index contributed by atoms with van der Waals surface area (Å²) in [5.41, 5.74) is 5.44. The van der Waals surface area contributed by atoms with Crippen LogP contribution in [0.3, 0.4) is 0 Å². The van der Waals surface area contributed by atoms with Crippen molar-refractivity contribution in [2.24, 2.45) is 11.7 Å². The number of carbonyl (C=O) groups excluding carboxylic acids is 1. The molecule has 0 aliphatic carbocycles. The van der Waals surface area contributed by atoms with Gasteiger partial charge in [0.2, 0.25) is 5.91 Å². The van der Waals surface area contributed by atoms with E-state index in [9.17, 15) is 4.79 Å². The third-order valence-corrected chi connectivity index (χ3v) is 2.91. The minimum Gasteiger partial charge on any atom is -0.377 e. The van der Waals surface area contributed by atoms with Gasteiger partial charge in [-0.3, -0.25) is 4.79 Å². The second kappa shape index (κ2) is 6.08. The highest BCUT2D eigenvalue weighted by Crippen LogP contribution is 2.14. The van der Waals surface area contributed by atoms with E-state index in [1.165, 1.54) is 0 Å². The van der Waals surface area contributed by atoms with E-state index in [0.29, 0.717) is 19.8 Å². The van der Waals surface area contributed by atoms with E-state index in [0.717, 1.165) is 19.4 Å². The topological polar surface area (TPSA) is 55.6 Å². The van der Waals surface area contributed by atoms with Crippen molar-refractivity contribution in [2.75, 3.05) is 26.3 Å². The van der Waals surface area contributed by atoms with Crippen molar-refractivity contribution >= 4 is 5.91 Å². The number of rotatable bonds is 4. The zero-order valence-corrected chi connectivity index (χ0v) is 9.74. The van der Waals surface area contributed by atoms with Gasteiger partial charge in [0.15, 0.2) is 0 Å². The molecule has 15 heavy (non-hydrogen) atoms. The molecule has 1 unspecified atom stereocenters. The molecule has 88 valence electrons. The number of ether oxygens (including phenoxy) is 1. The lowest BCUT2D eigenvalue weighted by Gasteiger charge is -2.35. The SMILES string of the molecule is CC(CCCN)C(=O)N1CCOC[C@H]1C. The van der Waals surface area contributed by atoms with Crippen LogP contribution >= 0.6 is 0 Å². The number of amides is 1. The van der Waals surface area contributed by atoms with E-state index in [4.69, 9.17) is 10.5 Å². The van der Waals surface area contributed by atoms with Crippen molar-refractivity contribution < 1.29 is 9.53 Å². The summed E-state index contributed by atoms with van der Waals surface area (Å²) in [5.74, 6) is 0.341. The van der Waals surface area contributed by atoms with Gasteiger partial charge in [0, 0.05) is 12.5 Å². The summed E-state index contributed by atoms with van der Waals surface area (Å²) >= 11 is 0. The molecular weight excluding hydrogens is 192 g/mol. The molecule has 1 amide bonds. The van der Waals surface area contributed by atoms with Crippen LogP contribution in [0.25, 0.3) is 0 Å². The van der Waals surface area contributed by atoms with Crippen molar-refractivity contribution in [1.82, 2.24) is 4.90 Å².